The smallest absolute Gasteiger partial charge is 0.242 e. The Morgan fingerprint density at radius 3 is 2.40 bits per heavy atom. The number of rotatable bonds is 3. The predicted molar refractivity (Wildman–Crippen MR) is 134 cm³/mol. The van der Waals surface area contributed by atoms with Gasteiger partial charge in [-0.15, -0.1) is 11.8 Å². The monoisotopic (exact) mass is 501 g/mol. The Bertz CT molecular complexity index is 1150. The van der Waals surface area contributed by atoms with E-state index in [0.29, 0.717) is 32.0 Å². The quantitative estimate of drug-likeness (QED) is 0.646. The molecule has 1 saturated heterocycles. The Morgan fingerprint density at radius 1 is 1.14 bits per heavy atom. The van der Waals surface area contributed by atoms with Crippen LogP contribution in [0, 0.1) is 5.82 Å². The van der Waals surface area contributed by atoms with E-state index < -0.39 is 0 Å². The van der Waals surface area contributed by atoms with Crippen LogP contribution in [0.3, 0.4) is 0 Å². The van der Waals surface area contributed by atoms with Gasteiger partial charge in [0.25, 0.3) is 0 Å². The van der Waals surface area contributed by atoms with Gasteiger partial charge in [-0.05, 0) is 17.7 Å². The minimum Gasteiger partial charge on any atom is -0.339 e. The summed E-state index contributed by atoms with van der Waals surface area (Å²) in [4.78, 5) is 43.2. The Hall–Kier alpha value is -2.88. The van der Waals surface area contributed by atoms with Crippen LogP contribution in [0.5, 0.6) is 0 Å². The number of aryl methyl sites for hydroxylation is 1. The number of piperazine rings is 1. The van der Waals surface area contributed by atoms with Gasteiger partial charge in [0, 0.05) is 51.1 Å². The Balaban J connectivity index is 1.72. The summed E-state index contributed by atoms with van der Waals surface area (Å²) in [6, 6.07) is 6.44. The Morgan fingerprint density at radius 2 is 1.80 bits per heavy atom. The standard InChI is InChI=1S/C25H32FN5O3S/c1-16(32)29-9-11-30(12-10-29)19(33)14-31-20(34)15-35-22(17-7-6-8-18(26)13-17)21-23(25(2,3)4)27-28(5)24(21)31/h6-8,13,22H,9-12,14-15H2,1-5H3. The van der Waals surface area contributed by atoms with E-state index in [1.165, 1.54) is 35.7 Å². The highest BCUT2D eigenvalue weighted by atomic mass is 32.2. The highest BCUT2D eigenvalue weighted by molar-refractivity contribution is 8.00. The molecule has 3 amide bonds. The van der Waals surface area contributed by atoms with E-state index in [9.17, 15) is 18.8 Å². The van der Waals surface area contributed by atoms with Crippen molar-refractivity contribution in [3.8, 4) is 0 Å². The topological polar surface area (TPSA) is 78.8 Å². The van der Waals surface area contributed by atoms with Crippen molar-refractivity contribution < 1.29 is 18.8 Å². The highest BCUT2D eigenvalue weighted by Crippen LogP contribution is 2.47. The minimum atomic E-state index is -0.335. The SMILES string of the molecule is CC(=O)N1CCN(C(=O)CN2C(=O)CSC(c3cccc(F)c3)c3c(C(C)(C)C)nn(C)c32)CC1. The van der Waals surface area contributed by atoms with E-state index in [2.05, 4.69) is 20.8 Å². The van der Waals surface area contributed by atoms with E-state index in [4.69, 9.17) is 5.10 Å². The largest absolute Gasteiger partial charge is 0.339 e. The van der Waals surface area contributed by atoms with Gasteiger partial charge < -0.3 is 9.80 Å². The molecule has 2 aliphatic heterocycles. The molecule has 1 fully saturated rings. The van der Waals surface area contributed by atoms with Gasteiger partial charge in [-0.2, -0.15) is 5.10 Å². The first-order chi connectivity index (χ1) is 16.5. The van der Waals surface area contributed by atoms with Crippen LogP contribution in [-0.4, -0.2) is 75.8 Å². The summed E-state index contributed by atoms with van der Waals surface area (Å²) in [5, 5.41) is 4.48. The first-order valence-electron chi connectivity index (χ1n) is 11.8. The van der Waals surface area contributed by atoms with E-state index in [-0.39, 0.29) is 46.5 Å². The number of amides is 3. The number of carbonyl (C=O) groups excluding carboxylic acids is 3. The number of nitrogens with zero attached hydrogens (tertiary/aromatic N) is 5. The average Bonchev–Trinajstić information content (AvgIpc) is 3.07. The molecular formula is C25H32FN5O3S. The lowest BCUT2D eigenvalue weighted by atomic mass is 9.87. The highest BCUT2D eigenvalue weighted by Gasteiger charge is 2.39. The van der Waals surface area contributed by atoms with Crippen molar-refractivity contribution in [2.45, 2.75) is 38.4 Å². The van der Waals surface area contributed by atoms with Crippen LogP contribution in [0.15, 0.2) is 24.3 Å². The van der Waals surface area contributed by atoms with Crippen LogP contribution in [-0.2, 0) is 26.8 Å². The molecule has 8 nitrogen and oxygen atoms in total. The molecule has 0 bridgehead atoms. The van der Waals surface area contributed by atoms with Gasteiger partial charge in [-0.3, -0.25) is 24.0 Å². The third-order valence-electron chi connectivity index (χ3n) is 6.48. The lowest BCUT2D eigenvalue weighted by Crippen LogP contribution is -2.53. The second kappa shape index (κ2) is 9.64. The lowest BCUT2D eigenvalue weighted by molar-refractivity contribution is -0.137. The average molecular weight is 502 g/mol. The molecule has 0 aliphatic carbocycles. The Labute approximate surface area is 209 Å². The third kappa shape index (κ3) is 5.07. The van der Waals surface area contributed by atoms with Gasteiger partial charge in [-0.25, -0.2) is 4.39 Å². The zero-order chi connectivity index (χ0) is 25.5. The molecule has 2 aliphatic rings. The van der Waals surface area contributed by atoms with Crippen molar-refractivity contribution in [1.82, 2.24) is 19.6 Å². The summed E-state index contributed by atoms with van der Waals surface area (Å²) < 4.78 is 15.8. The third-order valence-corrected chi connectivity index (χ3v) is 7.73. The maximum absolute atomic E-state index is 14.2. The number of halogens is 1. The van der Waals surface area contributed by atoms with Crippen LogP contribution in [0.4, 0.5) is 10.2 Å². The number of anilines is 1. The molecular weight excluding hydrogens is 469 g/mol. The summed E-state index contributed by atoms with van der Waals surface area (Å²) in [6.07, 6.45) is 0. The van der Waals surface area contributed by atoms with Crippen molar-refractivity contribution in [2.24, 2.45) is 7.05 Å². The zero-order valence-electron chi connectivity index (χ0n) is 20.9. The summed E-state index contributed by atoms with van der Waals surface area (Å²) in [5.41, 5.74) is 2.09. The van der Waals surface area contributed by atoms with E-state index in [0.717, 1.165) is 16.8 Å². The number of hydrogen-bond acceptors (Lipinski definition) is 5. The van der Waals surface area contributed by atoms with Gasteiger partial charge >= 0.3 is 0 Å². The maximum Gasteiger partial charge on any atom is 0.242 e. The molecule has 3 heterocycles. The summed E-state index contributed by atoms with van der Waals surface area (Å²) in [7, 11) is 1.78. The molecule has 1 aromatic heterocycles. The fraction of sp³-hybridized carbons (Fsp3) is 0.520. The van der Waals surface area contributed by atoms with Crippen molar-refractivity contribution in [3.63, 3.8) is 0 Å². The van der Waals surface area contributed by atoms with Gasteiger partial charge in [0.2, 0.25) is 17.7 Å². The molecule has 0 spiro atoms. The van der Waals surface area contributed by atoms with Crippen LogP contribution in [0.25, 0.3) is 0 Å². The van der Waals surface area contributed by atoms with Gasteiger partial charge in [-0.1, -0.05) is 32.9 Å². The maximum atomic E-state index is 14.2. The number of aromatic nitrogens is 2. The van der Waals surface area contributed by atoms with Gasteiger partial charge in [0.05, 0.1) is 16.7 Å². The summed E-state index contributed by atoms with van der Waals surface area (Å²) in [6.45, 7) is 9.43. The van der Waals surface area contributed by atoms with E-state index in [1.54, 1.807) is 27.6 Å². The normalized spacial score (nSPS) is 19.0. The van der Waals surface area contributed by atoms with Crippen LogP contribution >= 0.6 is 11.8 Å². The minimum absolute atomic E-state index is 0.00514. The molecule has 0 radical (unpaired) electrons. The fourth-order valence-corrected chi connectivity index (χ4v) is 5.87. The van der Waals surface area contributed by atoms with E-state index in [1.807, 2.05) is 6.07 Å². The molecule has 188 valence electrons. The van der Waals surface area contributed by atoms with Gasteiger partial charge in [0.15, 0.2) is 0 Å². The predicted octanol–water partition coefficient (Wildman–Crippen LogP) is 2.72. The molecule has 1 unspecified atom stereocenters. The second-order valence-corrected chi connectivity index (χ2v) is 11.2. The van der Waals surface area contributed by atoms with Crippen molar-refractivity contribution in [3.05, 3.63) is 46.9 Å². The first kappa shape index (κ1) is 25.2. The van der Waals surface area contributed by atoms with Gasteiger partial charge in [0.1, 0.15) is 18.2 Å². The molecule has 10 heteroatoms. The number of fused-ring (bicyclic) bond motifs is 1. The van der Waals surface area contributed by atoms with Crippen LogP contribution in [0.1, 0.15) is 49.8 Å². The van der Waals surface area contributed by atoms with E-state index >= 15 is 0 Å². The molecule has 4 rings (SSSR count). The zero-order valence-corrected chi connectivity index (χ0v) is 21.7. The summed E-state index contributed by atoms with van der Waals surface area (Å²) in [5.74, 6) is 0.0437. The number of thioether (sulfide) groups is 1. The first-order valence-corrected chi connectivity index (χ1v) is 12.8. The van der Waals surface area contributed by atoms with Crippen molar-refractivity contribution in [1.29, 1.82) is 0 Å². The molecule has 1 atom stereocenters. The molecule has 1 aromatic carbocycles. The van der Waals surface area contributed by atoms with Crippen LogP contribution in [0.2, 0.25) is 0 Å². The second-order valence-electron chi connectivity index (χ2n) is 10.1. The summed E-state index contributed by atoms with van der Waals surface area (Å²) >= 11 is 1.43. The fourth-order valence-electron chi connectivity index (χ4n) is 4.68. The molecule has 0 saturated carbocycles. The van der Waals surface area contributed by atoms with Crippen molar-refractivity contribution >= 4 is 35.3 Å². The number of carbonyl (C=O) groups is 3. The molecule has 35 heavy (non-hydrogen) atoms. The number of hydrogen-bond donors (Lipinski definition) is 0. The number of benzene rings is 1. The van der Waals surface area contributed by atoms with Crippen molar-refractivity contribution in [2.75, 3.05) is 43.4 Å². The van der Waals surface area contributed by atoms with Crippen LogP contribution < -0.4 is 4.90 Å². The Kier molecular flexibility index (Phi) is 6.95. The molecule has 0 N–H and O–H groups in total. The molecule has 2 aromatic rings. The lowest BCUT2D eigenvalue weighted by Gasteiger charge is -2.35.